The van der Waals surface area contributed by atoms with Gasteiger partial charge in [-0.15, -0.1) is 0 Å². The monoisotopic (exact) mass is 396 g/mol. The molecule has 148 valence electrons. The molecule has 0 amide bonds. The fraction of sp³-hybridized carbons (Fsp3) is 0.158. The molecule has 2 aromatic carbocycles. The molecule has 0 fully saturated rings. The number of nitrogens with one attached hydrogen (secondary N) is 2. The molecule has 4 rings (SSSR count). The van der Waals surface area contributed by atoms with Gasteiger partial charge in [0.25, 0.3) is 11.8 Å². The quantitative estimate of drug-likeness (QED) is 0.455. The van der Waals surface area contributed by atoms with Crippen LogP contribution < -0.4 is 10.2 Å². The average molecular weight is 396 g/mol. The zero-order valence-electron chi connectivity index (χ0n) is 15.6. The zero-order chi connectivity index (χ0) is 20.5. The van der Waals surface area contributed by atoms with Gasteiger partial charge in [0, 0.05) is 31.7 Å². The van der Waals surface area contributed by atoms with E-state index in [-0.39, 0.29) is 17.1 Å². The zero-order valence-corrected chi connectivity index (χ0v) is 15.6. The minimum atomic E-state index is -1.10. The lowest BCUT2D eigenvalue weighted by Gasteiger charge is -2.08. The number of hydrogen-bond acceptors (Lipinski definition) is 7. The molecule has 0 bridgehead atoms. The van der Waals surface area contributed by atoms with Crippen LogP contribution in [0, 0.1) is 5.82 Å². The Morgan fingerprint density at radius 2 is 2.10 bits per heavy atom. The van der Waals surface area contributed by atoms with Crippen LogP contribution in [0.4, 0.5) is 16.0 Å². The lowest BCUT2D eigenvalue weighted by atomic mass is 10.1. The molecule has 9 nitrogen and oxygen atoms in total. The lowest BCUT2D eigenvalue weighted by molar-refractivity contribution is 0.0692. The summed E-state index contributed by atoms with van der Waals surface area (Å²) in [6, 6.07) is 9.87. The van der Waals surface area contributed by atoms with Crippen molar-refractivity contribution in [1.29, 1.82) is 0 Å². The van der Waals surface area contributed by atoms with Gasteiger partial charge in [-0.25, -0.2) is 9.18 Å². The summed E-state index contributed by atoms with van der Waals surface area (Å²) in [6.07, 6.45) is 0. The summed E-state index contributed by atoms with van der Waals surface area (Å²) < 4.78 is 19.4. The molecule has 0 aliphatic heterocycles. The number of fused-ring (bicyclic) bond motifs is 1. The highest BCUT2D eigenvalue weighted by Crippen LogP contribution is 2.25. The highest BCUT2D eigenvalue weighted by molar-refractivity contribution is 6.01. The van der Waals surface area contributed by atoms with Gasteiger partial charge in [0.15, 0.2) is 5.69 Å². The number of carboxylic acid groups (broad SMARTS) is 1. The Bertz CT molecular complexity index is 1200. The molecule has 0 spiro atoms. The van der Waals surface area contributed by atoms with E-state index in [0.29, 0.717) is 29.1 Å². The van der Waals surface area contributed by atoms with Crippen molar-refractivity contribution in [1.82, 2.24) is 20.3 Å². The number of aromatic amines is 1. The summed E-state index contributed by atoms with van der Waals surface area (Å²) in [4.78, 5) is 17.1. The number of benzene rings is 2. The number of halogens is 1. The van der Waals surface area contributed by atoms with Crippen molar-refractivity contribution in [3.8, 4) is 11.5 Å². The summed E-state index contributed by atoms with van der Waals surface area (Å²) in [5.41, 5.74) is 2.30. The van der Waals surface area contributed by atoms with Gasteiger partial charge in [-0.1, -0.05) is 6.07 Å². The molecule has 3 N–H and O–H groups in total. The first-order chi connectivity index (χ1) is 13.9. The van der Waals surface area contributed by atoms with Crippen LogP contribution in [0.3, 0.4) is 0 Å². The number of hydrogen-bond donors (Lipinski definition) is 3. The summed E-state index contributed by atoms with van der Waals surface area (Å²) in [5, 5.41) is 23.2. The molecule has 2 aromatic heterocycles. The second kappa shape index (κ2) is 7.23. The summed E-state index contributed by atoms with van der Waals surface area (Å²) >= 11 is 0. The number of anilines is 2. The van der Waals surface area contributed by atoms with Gasteiger partial charge >= 0.3 is 5.97 Å². The molecule has 29 heavy (non-hydrogen) atoms. The van der Waals surface area contributed by atoms with Crippen molar-refractivity contribution in [3.63, 3.8) is 0 Å². The summed E-state index contributed by atoms with van der Waals surface area (Å²) in [6.45, 7) is 0.383. The molecule has 0 aliphatic rings. The number of H-pyrrole nitrogens is 1. The third kappa shape index (κ3) is 3.59. The number of nitrogens with zero attached hydrogens (tertiary/aromatic N) is 4. The van der Waals surface area contributed by atoms with E-state index in [0.717, 1.165) is 5.56 Å². The number of carbonyl (C=O) groups is 1. The van der Waals surface area contributed by atoms with E-state index in [2.05, 4.69) is 25.7 Å². The standard InChI is InChI=1S/C19H17FN6O3/c1-26(2)19-22-17(29-25-19)12-7-10(3-5-14(12)20)9-21-11-4-6-15-13(8-11)16(18(27)28)24-23-15/h3-8,21H,9H2,1-2H3,(H,23,24)(H,27,28). The van der Waals surface area contributed by atoms with E-state index in [1.165, 1.54) is 6.07 Å². The molecule has 0 radical (unpaired) electrons. The first-order valence-corrected chi connectivity index (χ1v) is 8.67. The summed E-state index contributed by atoms with van der Waals surface area (Å²) in [7, 11) is 3.52. The molecule has 0 unspecified atom stereocenters. The topological polar surface area (TPSA) is 120 Å². The van der Waals surface area contributed by atoms with E-state index >= 15 is 0 Å². The van der Waals surface area contributed by atoms with Gasteiger partial charge in [0.2, 0.25) is 0 Å². The van der Waals surface area contributed by atoms with E-state index in [1.54, 1.807) is 49.3 Å². The maximum atomic E-state index is 14.3. The minimum absolute atomic E-state index is 0.0409. The Morgan fingerprint density at radius 3 is 2.83 bits per heavy atom. The highest BCUT2D eigenvalue weighted by atomic mass is 19.1. The number of aromatic carboxylic acids is 1. The van der Waals surface area contributed by atoms with Crippen LogP contribution in [0.1, 0.15) is 16.1 Å². The van der Waals surface area contributed by atoms with Crippen LogP contribution in [0.15, 0.2) is 40.9 Å². The van der Waals surface area contributed by atoms with Gasteiger partial charge in [0.1, 0.15) is 5.82 Å². The number of rotatable bonds is 6. The van der Waals surface area contributed by atoms with Crippen LogP contribution in [0.25, 0.3) is 22.4 Å². The maximum absolute atomic E-state index is 14.3. The second-order valence-corrected chi connectivity index (χ2v) is 6.60. The molecule has 10 heteroatoms. The van der Waals surface area contributed by atoms with Gasteiger partial charge in [0.05, 0.1) is 11.1 Å². The van der Waals surface area contributed by atoms with E-state index in [4.69, 9.17) is 4.52 Å². The predicted molar refractivity (Wildman–Crippen MR) is 104 cm³/mol. The Balaban J connectivity index is 1.56. The predicted octanol–water partition coefficient (Wildman–Crippen LogP) is 3.13. The fourth-order valence-corrected chi connectivity index (χ4v) is 2.84. The molecule has 0 atom stereocenters. The maximum Gasteiger partial charge on any atom is 0.357 e. The largest absolute Gasteiger partial charge is 0.476 e. The molecular weight excluding hydrogens is 379 g/mol. The molecule has 2 heterocycles. The second-order valence-electron chi connectivity index (χ2n) is 6.60. The van der Waals surface area contributed by atoms with Crippen molar-refractivity contribution in [2.24, 2.45) is 0 Å². The first-order valence-electron chi connectivity index (χ1n) is 8.67. The van der Waals surface area contributed by atoms with E-state index in [9.17, 15) is 14.3 Å². The van der Waals surface area contributed by atoms with Crippen molar-refractivity contribution >= 4 is 28.5 Å². The third-order valence-corrected chi connectivity index (χ3v) is 4.34. The van der Waals surface area contributed by atoms with Crippen molar-refractivity contribution in [2.75, 3.05) is 24.3 Å². The van der Waals surface area contributed by atoms with Crippen LogP contribution in [0.2, 0.25) is 0 Å². The van der Waals surface area contributed by atoms with Gasteiger partial charge < -0.3 is 19.8 Å². The Hall–Kier alpha value is -3.95. The van der Waals surface area contributed by atoms with Crippen LogP contribution in [-0.4, -0.2) is 45.5 Å². The van der Waals surface area contributed by atoms with Crippen LogP contribution in [-0.2, 0) is 6.54 Å². The summed E-state index contributed by atoms with van der Waals surface area (Å²) in [5.74, 6) is -1.12. The Labute approximate surface area is 164 Å². The third-order valence-electron chi connectivity index (χ3n) is 4.34. The average Bonchev–Trinajstić information content (AvgIpc) is 3.34. The van der Waals surface area contributed by atoms with Crippen LogP contribution >= 0.6 is 0 Å². The minimum Gasteiger partial charge on any atom is -0.476 e. The smallest absolute Gasteiger partial charge is 0.357 e. The van der Waals surface area contributed by atoms with Crippen molar-refractivity contribution < 1.29 is 18.8 Å². The molecule has 0 aliphatic carbocycles. The normalized spacial score (nSPS) is 11.0. The molecule has 0 saturated carbocycles. The Kier molecular flexibility index (Phi) is 4.59. The van der Waals surface area contributed by atoms with E-state index in [1.807, 2.05) is 0 Å². The highest BCUT2D eigenvalue weighted by Gasteiger charge is 2.16. The molecular formula is C19H17FN6O3. The van der Waals surface area contributed by atoms with Gasteiger partial charge in [-0.2, -0.15) is 10.1 Å². The Morgan fingerprint density at radius 1 is 1.28 bits per heavy atom. The van der Waals surface area contributed by atoms with Crippen molar-refractivity contribution in [2.45, 2.75) is 6.54 Å². The number of aromatic nitrogens is 4. The molecule has 0 saturated heterocycles. The van der Waals surface area contributed by atoms with Crippen LogP contribution in [0.5, 0.6) is 0 Å². The van der Waals surface area contributed by atoms with Gasteiger partial charge in [-0.05, 0) is 41.1 Å². The molecule has 4 aromatic rings. The van der Waals surface area contributed by atoms with Gasteiger partial charge in [-0.3, -0.25) is 5.10 Å². The van der Waals surface area contributed by atoms with Crippen molar-refractivity contribution in [3.05, 3.63) is 53.5 Å². The SMILES string of the molecule is CN(C)c1noc(-c2cc(CNc3ccc4[nH]nc(C(=O)O)c4c3)ccc2F)n1. The van der Waals surface area contributed by atoms with E-state index < -0.39 is 11.8 Å². The number of carboxylic acids is 1. The lowest BCUT2D eigenvalue weighted by Crippen LogP contribution is -2.10. The fourth-order valence-electron chi connectivity index (χ4n) is 2.84. The first kappa shape index (κ1) is 18.4.